The molecule has 3 aliphatic carbocycles. The van der Waals surface area contributed by atoms with Crippen LogP contribution < -0.4 is 0 Å². The molecule has 4 nitrogen and oxygen atoms in total. The van der Waals surface area contributed by atoms with Crippen LogP contribution in [0.1, 0.15) is 57.8 Å². The van der Waals surface area contributed by atoms with Crippen LogP contribution in [0.15, 0.2) is 36.5 Å². The average molecular weight is 380 g/mol. The highest BCUT2D eigenvalue weighted by molar-refractivity contribution is 7.48. The van der Waals surface area contributed by atoms with Crippen molar-refractivity contribution in [3.05, 3.63) is 36.5 Å². The topological polar surface area (TPSA) is 44.8 Å². The first-order chi connectivity index (χ1) is 12.7. The Hall–Kier alpha value is -0.670. The maximum Gasteiger partial charge on any atom is 0.474 e. The zero-order valence-electron chi connectivity index (χ0n) is 15.8. The summed E-state index contributed by atoms with van der Waals surface area (Å²) in [5.41, 5.74) is 0. The normalized spacial score (nSPS) is 31.0. The van der Waals surface area contributed by atoms with Gasteiger partial charge in [-0.2, -0.15) is 0 Å². The summed E-state index contributed by atoms with van der Waals surface area (Å²) in [6.45, 7) is 1.23. The Morgan fingerprint density at radius 2 is 1.00 bits per heavy atom. The molecule has 3 aliphatic rings. The van der Waals surface area contributed by atoms with E-state index in [1.54, 1.807) is 0 Å². The minimum Gasteiger partial charge on any atom is -0.286 e. The predicted molar refractivity (Wildman–Crippen MR) is 105 cm³/mol. The standard InChI is InChI=1S/C21H33O4P/c22-26(23-16-19-10-4-1-5-11-19,24-17-20-12-6-2-7-13-20)25-18-21-14-8-3-9-15-21/h4,6,8,10,12,14,19-21H,1-3,5,7,9,11,13,15-18H2. The van der Waals surface area contributed by atoms with E-state index in [0.717, 1.165) is 57.8 Å². The Balaban J connectivity index is 1.53. The van der Waals surface area contributed by atoms with E-state index in [4.69, 9.17) is 13.6 Å². The molecule has 0 aromatic heterocycles. The van der Waals surface area contributed by atoms with Gasteiger partial charge in [-0.3, -0.25) is 13.6 Å². The minimum atomic E-state index is -3.52. The predicted octanol–water partition coefficient (Wildman–Crippen LogP) is 6.21. The van der Waals surface area contributed by atoms with Gasteiger partial charge in [-0.05, 0) is 57.8 Å². The molecule has 0 fully saturated rings. The lowest BCUT2D eigenvalue weighted by Gasteiger charge is -2.25. The summed E-state index contributed by atoms with van der Waals surface area (Å²) in [6, 6.07) is 0. The molecule has 0 radical (unpaired) electrons. The van der Waals surface area contributed by atoms with Crippen molar-refractivity contribution in [1.29, 1.82) is 0 Å². The second-order valence-corrected chi connectivity index (χ2v) is 9.36. The van der Waals surface area contributed by atoms with E-state index in [2.05, 4.69) is 36.5 Å². The molecule has 146 valence electrons. The molecule has 5 heteroatoms. The number of hydrogen-bond donors (Lipinski definition) is 0. The number of allylic oxidation sites excluding steroid dienone is 3. The van der Waals surface area contributed by atoms with Gasteiger partial charge in [0.05, 0.1) is 19.8 Å². The van der Waals surface area contributed by atoms with Gasteiger partial charge in [0.15, 0.2) is 0 Å². The van der Waals surface area contributed by atoms with Crippen LogP contribution in [0.25, 0.3) is 0 Å². The minimum absolute atomic E-state index is 0.313. The number of phosphoric acid groups is 1. The third kappa shape index (κ3) is 6.81. The van der Waals surface area contributed by atoms with Gasteiger partial charge in [0.2, 0.25) is 0 Å². The molecule has 0 amide bonds. The van der Waals surface area contributed by atoms with E-state index in [1.807, 2.05) is 0 Å². The third-order valence-electron chi connectivity index (χ3n) is 5.40. The Morgan fingerprint density at radius 3 is 1.27 bits per heavy atom. The first-order valence-corrected chi connectivity index (χ1v) is 11.7. The van der Waals surface area contributed by atoms with Crippen molar-refractivity contribution < 1.29 is 18.1 Å². The van der Waals surface area contributed by atoms with Gasteiger partial charge in [0.1, 0.15) is 0 Å². The Kier molecular flexibility index (Phi) is 8.19. The SMILES string of the molecule is O=P(OCC1C=CCCC1)(OCC1C=CCCC1)OCC1C=CCCC1. The molecular weight excluding hydrogens is 347 g/mol. The third-order valence-corrected chi connectivity index (χ3v) is 6.80. The van der Waals surface area contributed by atoms with Crippen molar-refractivity contribution in [2.75, 3.05) is 19.8 Å². The Bertz CT molecular complexity index is 478. The molecule has 0 saturated heterocycles. The lowest BCUT2D eigenvalue weighted by molar-refractivity contribution is 0.0869. The van der Waals surface area contributed by atoms with E-state index in [9.17, 15) is 4.57 Å². The van der Waals surface area contributed by atoms with Gasteiger partial charge >= 0.3 is 7.82 Å². The number of hydrogen-bond acceptors (Lipinski definition) is 4. The first kappa shape index (κ1) is 20.1. The van der Waals surface area contributed by atoms with Crippen molar-refractivity contribution in [3.63, 3.8) is 0 Å². The highest BCUT2D eigenvalue weighted by Gasteiger charge is 2.30. The summed E-state index contributed by atoms with van der Waals surface area (Å²) in [5, 5.41) is 0. The Morgan fingerprint density at radius 1 is 0.654 bits per heavy atom. The van der Waals surface area contributed by atoms with Crippen LogP contribution in [-0.2, 0) is 18.1 Å². The van der Waals surface area contributed by atoms with Crippen molar-refractivity contribution in [3.8, 4) is 0 Å². The quantitative estimate of drug-likeness (QED) is 0.352. The number of rotatable bonds is 9. The van der Waals surface area contributed by atoms with Gasteiger partial charge in [-0.25, -0.2) is 4.57 Å². The molecule has 0 bridgehead atoms. The zero-order chi connectivity index (χ0) is 18.1. The van der Waals surface area contributed by atoms with E-state index in [1.165, 1.54) is 0 Å². The van der Waals surface area contributed by atoms with Crippen LogP contribution >= 0.6 is 7.82 Å². The second kappa shape index (κ2) is 10.6. The molecule has 0 aliphatic heterocycles. The lowest BCUT2D eigenvalue weighted by Crippen LogP contribution is -2.16. The Labute approximate surface area is 158 Å². The van der Waals surface area contributed by atoms with Crippen molar-refractivity contribution in [2.24, 2.45) is 17.8 Å². The van der Waals surface area contributed by atoms with Crippen LogP contribution in [-0.4, -0.2) is 19.8 Å². The van der Waals surface area contributed by atoms with Crippen molar-refractivity contribution in [1.82, 2.24) is 0 Å². The van der Waals surface area contributed by atoms with Crippen LogP contribution in [0, 0.1) is 17.8 Å². The van der Waals surface area contributed by atoms with Crippen molar-refractivity contribution in [2.45, 2.75) is 57.8 Å². The highest BCUT2D eigenvalue weighted by Crippen LogP contribution is 2.51. The van der Waals surface area contributed by atoms with Crippen LogP contribution in [0.3, 0.4) is 0 Å². The van der Waals surface area contributed by atoms with Crippen LogP contribution in [0.4, 0.5) is 0 Å². The fourth-order valence-electron chi connectivity index (χ4n) is 3.74. The fourth-order valence-corrected chi connectivity index (χ4v) is 5.08. The van der Waals surface area contributed by atoms with Gasteiger partial charge < -0.3 is 0 Å². The molecule has 26 heavy (non-hydrogen) atoms. The van der Waals surface area contributed by atoms with Gasteiger partial charge in [-0.15, -0.1) is 0 Å². The first-order valence-electron chi connectivity index (χ1n) is 10.3. The van der Waals surface area contributed by atoms with Gasteiger partial charge in [-0.1, -0.05) is 36.5 Å². The molecule has 3 atom stereocenters. The molecule has 0 N–H and O–H groups in total. The molecule has 3 rings (SSSR count). The largest absolute Gasteiger partial charge is 0.474 e. The monoisotopic (exact) mass is 380 g/mol. The summed E-state index contributed by atoms with van der Waals surface area (Å²) in [5.74, 6) is 0.940. The molecule has 0 aromatic rings. The van der Waals surface area contributed by atoms with Gasteiger partial charge in [0, 0.05) is 17.8 Å². The summed E-state index contributed by atoms with van der Waals surface area (Å²) in [7, 11) is -3.52. The molecular formula is C21H33O4P. The van der Waals surface area contributed by atoms with E-state index in [0.29, 0.717) is 37.6 Å². The lowest BCUT2D eigenvalue weighted by atomic mass is 9.97. The molecule has 0 heterocycles. The molecule has 0 aromatic carbocycles. The van der Waals surface area contributed by atoms with Crippen LogP contribution in [0.2, 0.25) is 0 Å². The van der Waals surface area contributed by atoms with Gasteiger partial charge in [0.25, 0.3) is 0 Å². The smallest absolute Gasteiger partial charge is 0.286 e. The summed E-state index contributed by atoms with van der Waals surface area (Å²) in [6.07, 6.45) is 23.2. The zero-order valence-corrected chi connectivity index (χ0v) is 16.7. The van der Waals surface area contributed by atoms with E-state index in [-0.39, 0.29) is 0 Å². The van der Waals surface area contributed by atoms with E-state index >= 15 is 0 Å². The summed E-state index contributed by atoms with van der Waals surface area (Å²) < 4.78 is 30.5. The van der Waals surface area contributed by atoms with Crippen LogP contribution in [0.5, 0.6) is 0 Å². The fraction of sp³-hybridized carbons (Fsp3) is 0.714. The molecule has 0 spiro atoms. The molecule has 0 saturated carbocycles. The maximum absolute atomic E-state index is 13.2. The summed E-state index contributed by atoms with van der Waals surface area (Å²) >= 11 is 0. The summed E-state index contributed by atoms with van der Waals surface area (Å²) in [4.78, 5) is 0. The highest BCUT2D eigenvalue weighted by atomic mass is 31.2. The average Bonchev–Trinajstić information content (AvgIpc) is 2.72. The number of phosphoric ester groups is 1. The van der Waals surface area contributed by atoms with Crippen molar-refractivity contribution >= 4 is 7.82 Å². The second-order valence-electron chi connectivity index (χ2n) is 7.69. The maximum atomic E-state index is 13.2. The molecule has 3 unspecified atom stereocenters. The van der Waals surface area contributed by atoms with E-state index < -0.39 is 7.82 Å².